The predicted molar refractivity (Wildman–Crippen MR) is 89.9 cm³/mol. The summed E-state index contributed by atoms with van der Waals surface area (Å²) in [5, 5.41) is 12.7. The van der Waals surface area contributed by atoms with Crippen LogP contribution in [0.1, 0.15) is 53.4 Å². The van der Waals surface area contributed by atoms with Crippen molar-refractivity contribution in [3.8, 4) is 0 Å². The molecule has 1 saturated heterocycles. The lowest BCUT2D eigenvalue weighted by Gasteiger charge is -2.41. The van der Waals surface area contributed by atoms with Gasteiger partial charge < -0.3 is 15.3 Å². The first-order chi connectivity index (χ1) is 11.0. The maximum atomic E-state index is 12.1. The molecule has 0 aromatic heterocycles. The molecule has 1 atom stereocenters. The van der Waals surface area contributed by atoms with Crippen molar-refractivity contribution >= 4 is 11.9 Å². The van der Waals surface area contributed by atoms with Crippen molar-refractivity contribution in [2.75, 3.05) is 19.6 Å². The molecule has 1 saturated carbocycles. The zero-order valence-corrected chi connectivity index (χ0v) is 15.2. The highest BCUT2D eigenvalue weighted by atomic mass is 16.7. The highest BCUT2D eigenvalue weighted by Gasteiger charge is 2.39. The molecule has 1 unspecified atom stereocenters. The highest BCUT2D eigenvalue weighted by molar-refractivity contribution is 5.78. The van der Waals surface area contributed by atoms with E-state index in [0.717, 1.165) is 19.4 Å². The van der Waals surface area contributed by atoms with Crippen LogP contribution in [0.5, 0.6) is 0 Å². The Hall–Kier alpha value is -1.18. The summed E-state index contributed by atoms with van der Waals surface area (Å²) >= 11 is 0. The molecule has 2 rings (SSSR count). The third-order valence-corrected chi connectivity index (χ3v) is 4.54. The number of hydroxylamine groups is 1. The molecule has 7 heteroatoms. The van der Waals surface area contributed by atoms with E-state index in [1.807, 2.05) is 20.8 Å². The summed E-state index contributed by atoms with van der Waals surface area (Å²) in [6, 6.07) is 0.126. The molecule has 0 aromatic rings. The number of nitrogens with zero attached hydrogens (tertiary/aromatic N) is 1. The number of hydrogen-bond acceptors (Lipinski definition) is 6. The van der Waals surface area contributed by atoms with Gasteiger partial charge in [0.15, 0.2) is 0 Å². The van der Waals surface area contributed by atoms with Crippen molar-refractivity contribution in [1.29, 1.82) is 0 Å². The standard InChI is InChI=1S/C17H31N3O4/c1-16(2,3)15(22)24-19-12-6-5-7-20(10-12)11-14(21)18-13-8-17(4,23)9-13/h12-13,19,23H,5-11H2,1-4H3,(H,18,21). The summed E-state index contributed by atoms with van der Waals surface area (Å²) in [5.41, 5.74) is 1.68. The van der Waals surface area contributed by atoms with Gasteiger partial charge >= 0.3 is 5.97 Å². The van der Waals surface area contributed by atoms with Crippen LogP contribution >= 0.6 is 0 Å². The smallest absolute Gasteiger partial charge is 0.329 e. The van der Waals surface area contributed by atoms with Crippen LogP contribution in [0, 0.1) is 5.41 Å². The molecule has 1 amide bonds. The van der Waals surface area contributed by atoms with E-state index in [2.05, 4.69) is 15.7 Å². The fourth-order valence-electron chi connectivity index (χ4n) is 3.17. The summed E-state index contributed by atoms with van der Waals surface area (Å²) in [4.78, 5) is 31.1. The average Bonchev–Trinajstić information content (AvgIpc) is 2.42. The second-order valence-corrected chi connectivity index (χ2v) is 8.50. The van der Waals surface area contributed by atoms with E-state index in [4.69, 9.17) is 4.84 Å². The van der Waals surface area contributed by atoms with Gasteiger partial charge in [0.25, 0.3) is 0 Å². The Balaban J connectivity index is 1.69. The number of hydrogen-bond donors (Lipinski definition) is 3. The first kappa shape index (κ1) is 19.1. The Labute approximate surface area is 144 Å². The predicted octanol–water partition coefficient (Wildman–Crippen LogP) is 0.574. The first-order valence-corrected chi connectivity index (χ1v) is 8.76. The largest absolute Gasteiger partial charge is 0.390 e. The van der Waals surface area contributed by atoms with E-state index in [1.54, 1.807) is 6.92 Å². The Bertz CT molecular complexity index is 465. The lowest BCUT2D eigenvalue weighted by molar-refractivity contribution is -0.163. The van der Waals surface area contributed by atoms with E-state index in [0.29, 0.717) is 25.9 Å². The minimum Gasteiger partial charge on any atom is -0.390 e. The number of piperidine rings is 1. The van der Waals surface area contributed by atoms with Crippen LogP contribution in [0.25, 0.3) is 0 Å². The van der Waals surface area contributed by atoms with Gasteiger partial charge in [-0.15, -0.1) is 5.48 Å². The second kappa shape index (κ2) is 7.37. The molecule has 1 heterocycles. The number of rotatable bonds is 5. The summed E-state index contributed by atoms with van der Waals surface area (Å²) in [5.74, 6) is -0.294. The van der Waals surface area contributed by atoms with E-state index in [9.17, 15) is 14.7 Å². The Kier molecular flexibility index (Phi) is 5.88. The molecule has 0 radical (unpaired) electrons. The van der Waals surface area contributed by atoms with Gasteiger partial charge in [-0.2, -0.15) is 0 Å². The number of likely N-dealkylation sites (tertiary alicyclic amines) is 1. The number of amides is 1. The van der Waals surface area contributed by atoms with Gasteiger partial charge in [-0.3, -0.25) is 9.69 Å². The van der Waals surface area contributed by atoms with Crippen LogP contribution in [-0.4, -0.2) is 59.2 Å². The second-order valence-electron chi connectivity index (χ2n) is 8.50. The Morgan fingerprint density at radius 1 is 1.29 bits per heavy atom. The summed E-state index contributed by atoms with van der Waals surface area (Å²) < 4.78 is 0. The van der Waals surface area contributed by atoms with Gasteiger partial charge in [0, 0.05) is 12.6 Å². The number of carbonyl (C=O) groups excluding carboxylic acids is 2. The molecule has 2 fully saturated rings. The number of nitrogens with one attached hydrogen (secondary N) is 2. The SMILES string of the molecule is CC1(O)CC(NC(=O)CN2CCCC(NOC(=O)C(C)(C)C)C2)C1. The van der Waals surface area contributed by atoms with Crippen molar-refractivity contribution in [3.63, 3.8) is 0 Å². The fraction of sp³-hybridized carbons (Fsp3) is 0.882. The van der Waals surface area contributed by atoms with Gasteiger partial charge in [0.05, 0.1) is 23.6 Å². The van der Waals surface area contributed by atoms with E-state index >= 15 is 0 Å². The van der Waals surface area contributed by atoms with Crippen LogP contribution in [0.15, 0.2) is 0 Å². The van der Waals surface area contributed by atoms with Crippen molar-refractivity contribution < 1.29 is 19.5 Å². The third kappa shape index (κ3) is 5.72. The summed E-state index contributed by atoms with van der Waals surface area (Å²) in [6.45, 7) is 9.10. The Morgan fingerprint density at radius 3 is 2.54 bits per heavy atom. The van der Waals surface area contributed by atoms with E-state index in [1.165, 1.54) is 0 Å². The number of aliphatic hydroxyl groups is 1. The molecule has 138 valence electrons. The summed E-state index contributed by atoms with van der Waals surface area (Å²) in [7, 11) is 0. The molecule has 7 nitrogen and oxygen atoms in total. The van der Waals surface area contributed by atoms with Crippen molar-refractivity contribution in [2.24, 2.45) is 5.41 Å². The first-order valence-electron chi connectivity index (χ1n) is 8.76. The Morgan fingerprint density at radius 2 is 1.96 bits per heavy atom. The highest BCUT2D eigenvalue weighted by Crippen LogP contribution is 2.31. The zero-order valence-electron chi connectivity index (χ0n) is 15.2. The van der Waals surface area contributed by atoms with Gasteiger partial charge in [-0.25, -0.2) is 4.79 Å². The molecule has 1 aliphatic carbocycles. The maximum Gasteiger partial charge on any atom is 0.329 e. The molecule has 2 aliphatic rings. The minimum absolute atomic E-state index is 0.0113. The molecular formula is C17H31N3O4. The van der Waals surface area contributed by atoms with Gasteiger partial charge in [0.2, 0.25) is 5.91 Å². The third-order valence-electron chi connectivity index (χ3n) is 4.54. The molecule has 1 aliphatic heterocycles. The van der Waals surface area contributed by atoms with Gasteiger partial charge in [0.1, 0.15) is 0 Å². The molecular weight excluding hydrogens is 310 g/mol. The van der Waals surface area contributed by atoms with Crippen LogP contribution in [-0.2, 0) is 14.4 Å². The average molecular weight is 341 g/mol. The monoisotopic (exact) mass is 341 g/mol. The quantitative estimate of drug-likeness (QED) is 0.634. The maximum absolute atomic E-state index is 12.1. The molecule has 3 N–H and O–H groups in total. The van der Waals surface area contributed by atoms with Crippen molar-refractivity contribution in [2.45, 2.75) is 71.1 Å². The zero-order chi connectivity index (χ0) is 18.0. The minimum atomic E-state index is -0.630. The normalized spacial score (nSPS) is 31.2. The molecule has 0 bridgehead atoms. The van der Waals surface area contributed by atoms with Crippen LogP contribution < -0.4 is 10.8 Å². The summed E-state index contributed by atoms with van der Waals surface area (Å²) in [6.07, 6.45) is 3.11. The van der Waals surface area contributed by atoms with Crippen LogP contribution in [0.3, 0.4) is 0 Å². The van der Waals surface area contributed by atoms with E-state index < -0.39 is 11.0 Å². The van der Waals surface area contributed by atoms with Gasteiger partial charge in [-0.05, 0) is 59.9 Å². The molecule has 0 spiro atoms. The molecule has 0 aromatic carbocycles. The number of carbonyl (C=O) groups is 2. The fourth-order valence-corrected chi connectivity index (χ4v) is 3.17. The molecule has 24 heavy (non-hydrogen) atoms. The lowest BCUT2D eigenvalue weighted by Crippen LogP contribution is -2.56. The van der Waals surface area contributed by atoms with Crippen LogP contribution in [0.2, 0.25) is 0 Å². The van der Waals surface area contributed by atoms with Crippen molar-refractivity contribution in [1.82, 2.24) is 15.7 Å². The van der Waals surface area contributed by atoms with Crippen molar-refractivity contribution in [3.05, 3.63) is 0 Å². The topological polar surface area (TPSA) is 90.9 Å². The van der Waals surface area contributed by atoms with Gasteiger partial charge in [-0.1, -0.05) is 0 Å². The van der Waals surface area contributed by atoms with E-state index in [-0.39, 0.29) is 24.0 Å². The van der Waals surface area contributed by atoms with Crippen LogP contribution in [0.4, 0.5) is 0 Å². The lowest BCUT2D eigenvalue weighted by atomic mass is 9.77.